The Kier molecular flexibility index (Phi) is 4.01. The molecule has 4 heteroatoms. The predicted molar refractivity (Wildman–Crippen MR) is 87.3 cm³/mol. The zero-order valence-electron chi connectivity index (χ0n) is 12.2. The highest BCUT2D eigenvalue weighted by molar-refractivity contribution is 6.10. The summed E-state index contributed by atoms with van der Waals surface area (Å²) in [6.07, 6.45) is 1.61. The lowest BCUT2D eigenvalue weighted by Crippen LogP contribution is -2.14. The number of aromatic nitrogens is 1. The van der Waals surface area contributed by atoms with E-state index in [1.165, 1.54) is 0 Å². The van der Waals surface area contributed by atoms with Crippen molar-refractivity contribution < 1.29 is 9.53 Å². The van der Waals surface area contributed by atoms with Crippen molar-refractivity contribution in [1.82, 2.24) is 4.98 Å². The molecule has 1 aromatic heterocycles. The Morgan fingerprint density at radius 2 is 1.91 bits per heavy atom. The molecule has 0 aliphatic carbocycles. The topological polar surface area (TPSA) is 51.2 Å². The Balaban J connectivity index is 1.94. The van der Waals surface area contributed by atoms with Crippen molar-refractivity contribution in [3.8, 4) is 5.88 Å². The molecule has 0 saturated carbocycles. The van der Waals surface area contributed by atoms with Gasteiger partial charge in [-0.05, 0) is 30.5 Å². The molecule has 3 aromatic rings. The van der Waals surface area contributed by atoms with Gasteiger partial charge in [0.25, 0.3) is 5.91 Å². The molecule has 0 bridgehead atoms. The van der Waals surface area contributed by atoms with Crippen molar-refractivity contribution in [3.63, 3.8) is 0 Å². The average molecular weight is 292 g/mol. The van der Waals surface area contributed by atoms with Crippen LogP contribution in [-0.2, 0) is 0 Å². The molecule has 0 saturated heterocycles. The molecule has 0 aliphatic heterocycles. The standard InChI is InChI=1S/C18H16N2O2/c1-2-22-18-15(10-6-12-19-18)17(21)20-16-11-5-8-13-7-3-4-9-14(13)16/h3-12H,2H2,1H3,(H,20,21). The summed E-state index contributed by atoms with van der Waals surface area (Å²) >= 11 is 0. The SMILES string of the molecule is CCOc1ncccc1C(=O)Nc1cccc2ccccc12. The van der Waals surface area contributed by atoms with Gasteiger partial charge < -0.3 is 10.1 Å². The van der Waals surface area contributed by atoms with Crippen molar-refractivity contribution in [2.75, 3.05) is 11.9 Å². The minimum Gasteiger partial charge on any atom is -0.477 e. The number of pyridine rings is 1. The number of ether oxygens (including phenoxy) is 1. The molecule has 2 aromatic carbocycles. The zero-order valence-corrected chi connectivity index (χ0v) is 12.2. The molecule has 0 aliphatic rings. The average Bonchev–Trinajstić information content (AvgIpc) is 2.56. The Hall–Kier alpha value is -2.88. The Labute approximate surface area is 128 Å². The van der Waals surface area contributed by atoms with Crippen molar-refractivity contribution in [2.24, 2.45) is 0 Å². The fraction of sp³-hybridized carbons (Fsp3) is 0.111. The first-order chi connectivity index (χ1) is 10.8. The molecule has 0 fully saturated rings. The minimum absolute atomic E-state index is 0.229. The van der Waals surface area contributed by atoms with Crippen LogP contribution < -0.4 is 10.1 Å². The zero-order chi connectivity index (χ0) is 15.4. The lowest BCUT2D eigenvalue weighted by atomic mass is 10.1. The summed E-state index contributed by atoms with van der Waals surface area (Å²) in [5, 5.41) is 5.02. The third kappa shape index (κ3) is 2.76. The van der Waals surface area contributed by atoms with E-state index in [0.29, 0.717) is 18.1 Å². The molecule has 1 N–H and O–H groups in total. The van der Waals surface area contributed by atoms with Crippen LogP contribution in [-0.4, -0.2) is 17.5 Å². The first-order valence-corrected chi connectivity index (χ1v) is 7.16. The van der Waals surface area contributed by atoms with Gasteiger partial charge in [-0.15, -0.1) is 0 Å². The second-order valence-electron chi connectivity index (χ2n) is 4.77. The number of benzene rings is 2. The lowest BCUT2D eigenvalue weighted by molar-refractivity contribution is 0.102. The highest BCUT2D eigenvalue weighted by atomic mass is 16.5. The van der Waals surface area contributed by atoms with E-state index >= 15 is 0 Å². The summed E-state index contributed by atoms with van der Waals surface area (Å²) < 4.78 is 5.41. The van der Waals surface area contributed by atoms with E-state index in [1.54, 1.807) is 18.3 Å². The van der Waals surface area contributed by atoms with Crippen LogP contribution in [0.15, 0.2) is 60.8 Å². The number of amides is 1. The van der Waals surface area contributed by atoms with Crippen LogP contribution >= 0.6 is 0 Å². The second kappa shape index (κ2) is 6.26. The number of carbonyl (C=O) groups excluding carboxylic acids is 1. The van der Waals surface area contributed by atoms with Gasteiger partial charge in [0, 0.05) is 17.3 Å². The molecule has 110 valence electrons. The molecular weight excluding hydrogens is 276 g/mol. The van der Waals surface area contributed by atoms with E-state index in [4.69, 9.17) is 4.74 Å². The molecule has 4 nitrogen and oxygen atoms in total. The number of carbonyl (C=O) groups is 1. The summed E-state index contributed by atoms with van der Waals surface area (Å²) in [6, 6.07) is 17.2. The summed E-state index contributed by atoms with van der Waals surface area (Å²) in [6.45, 7) is 2.33. The highest BCUT2D eigenvalue weighted by Crippen LogP contribution is 2.24. The second-order valence-corrected chi connectivity index (χ2v) is 4.77. The Bertz CT molecular complexity index is 810. The predicted octanol–water partition coefficient (Wildman–Crippen LogP) is 3.89. The van der Waals surface area contributed by atoms with E-state index in [0.717, 1.165) is 16.5 Å². The van der Waals surface area contributed by atoms with E-state index in [1.807, 2.05) is 49.4 Å². The fourth-order valence-electron chi connectivity index (χ4n) is 2.34. The van der Waals surface area contributed by atoms with E-state index in [9.17, 15) is 4.79 Å². The number of nitrogens with one attached hydrogen (secondary N) is 1. The van der Waals surface area contributed by atoms with Crippen LogP contribution in [0.25, 0.3) is 10.8 Å². The number of rotatable bonds is 4. The van der Waals surface area contributed by atoms with Crippen molar-refractivity contribution >= 4 is 22.4 Å². The third-order valence-corrected chi connectivity index (χ3v) is 3.33. The summed E-state index contributed by atoms with van der Waals surface area (Å²) in [5.41, 5.74) is 1.20. The van der Waals surface area contributed by atoms with Gasteiger partial charge >= 0.3 is 0 Å². The van der Waals surface area contributed by atoms with Crippen molar-refractivity contribution in [2.45, 2.75) is 6.92 Å². The maximum Gasteiger partial charge on any atom is 0.261 e. The molecule has 0 spiro atoms. The molecule has 3 rings (SSSR count). The lowest BCUT2D eigenvalue weighted by Gasteiger charge is -2.11. The molecule has 22 heavy (non-hydrogen) atoms. The van der Waals surface area contributed by atoms with Gasteiger partial charge in [-0.2, -0.15) is 0 Å². The monoisotopic (exact) mass is 292 g/mol. The highest BCUT2D eigenvalue weighted by Gasteiger charge is 2.14. The van der Waals surface area contributed by atoms with Crippen LogP contribution in [0.5, 0.6) is 5.88 Å². The van der Waals surface area contributed by atoms with Crippen LogP contribution in [0.3, 0.4) is 0 Å². The molecular formula is C18H16N2O2. The first kappa shape index (κ1) is 14.1. The van der Waals surface area contributed by atoms with Crippen LogP contribution in [0.2, 0.25) is 0 Å². The fourth-order valence-corrected chi connectivity index (χ4v) is 2.34. The van der Waals surface area contributed by atoms with Gasteiger partial charge in [0.2, 0.25) is 5.88 Å². The van der Waals surface area contributed by atoms with Gasteiger partial charge in [-0.25, -0.2) is 4.98 Å². The summed E-state index contributed by atoms with van der Waals surface area (Å²) in [5.74, 6) is 0.121. The number of anilines is 1. The number of fused-ring (bicyclic) bond motifs is 1. The van der Waals surface area contributed by atoms with Crippen LogP contribution in [0.1, 0.15) is 17.3 Å². The number of nitrogens with zero attached hydrogens (tertiary/aromatic N) is 1. The number of hydrogen-bond donors (Lipinski definition) is 1. The number of hydrogen-bond acceptors (Lipinski definition) is 3. The van der Waals surface area contributed by atoms with Gasteiger partial charge in [-0.3, -0.25) is 4.79 Å². The molecule has 0 radical (unpaired) electrons. The van der Waals surface area contributed by atoms with E-state index in [-0.39, 0.29) is 5.91 Å². The Morgan fingerprint density at radius 3 is 2.77 bits per heavy atom. The maximum atomic E-state index is 12.5. The van der Waals surface area contributed by atoms with Crippen molar-refractivity contribution in [3.05, 3.63) is 66.4 Å². The molecule has 1 amide bonds. The van der Waals surface area contributed by atoms with Gasteiger partial charge in [0.1, 0.15) is 5.56 Å². The van der Waals surface area contributed by atoms with E-state index in [2.05, 4.69) is 10.3 Å². The third-order valence-electron chi connectivity index (χ3n) is 3.33. The summed E-state index contributed by atoms with van der Waals surface area (Å²) in [4.78, 5) is 16.6. The quantitative estimate of drug-likeness (QED) is 0.793. The van der Waals surface area contributed by atoms with Crippen LogP contribution in [0, 0.1) is 0 Å². The largest absolute Gasteiger partial charge is 0.477 e. The summed E-state index contributed by atoms with van der Waals surface area (Å²) in [7, 11) is 0. The smallest absolute Gasteiger partial charge is 0.261 e. The first-order valence-electron chi connectivity index (χ1n) is 7.16. The van der Waals surface area contributed by atoms with Crippen LogP contribution in [0.4, 0.5) is 5.69 Å². The van der Waals surface area contributed by atoms with Gasteiger partial charge in [0.05, 0.1) is 6.61 Å². The van der Waals surface area contributed by atoms with Gasteiger partial charge in [-0.1, -0.05) is 36.4 Å². The Morgan fingerprint density at radius 1 is 1.09 bits per heavy atom. The van der Waals surface area contributed by atoms with Crippen molar-refractivity contribution in [1.29, 1.82) is 0 Å². The molecule has 0 atom stereocenters. The maximum absolute atomic E-state index is 12.5. The van der Waals surface area contributed by atoms with Gasteiger partial charge in [0.15, 0.2) is 0 Å². The minimum atomic E-state index is -0.229. The van der Waals surface area contributed by atoms with E-state index < -0.39 is 0 Å². The normalized spacial score (nSPS) is 10.4. The molecule has 1 heterocycles. The molecule has 0 unspecified atom stereocenters.